The minimum atomic E-state index is -0.785. The van der Waals surface area contributed by atoms with Crippen LogP contribution in [0.5, 0.6) is 11.5 Å². The number of aryl methyl sites for hydroxylation is 1. The summed E-state index contributed by atoms with van der Waals surface area (Å²) in [5, 5.41) is 10.6. The van der Waals surface area contributed by atoms with Gasteiger partial charge >= 0.3 is 0 Å². The quantitative estimate of drug-likeness (QED) is 0.519. The van der Waals surface area contributed by atoms with Gasteiger partial charge in [-0.3, -0.25) is 14.5 Å². The summed E-state index contributed by atoms with van der Waals surface area (Å²) in [6, 6.07) is 14.5. The monoisotopic (exact) mass is 428 g/mol. The summed E-state index contributed by atoms with van der Waals surface area (Å²) in [5.41, 5.74) is 1.70. The van der Waals surface area contributed by atoms with Gasteiger partial charge in [0.1, 0.15) is 11.4 Å². The van der Waals surface area contributed by atoms with Crippen molar-refractivity contribution in [1.82, 2.24) is 4.98 Å². The molecule has 2 aromatic carbocycles. The van der Waals surface area contributed by atoms with E-state index in [-0.39, 0.29) is 28.3 Å². The molecule has 7 heteroatoms. The van der Waals surface area contributed by atoms with Crippen molar-refractivity contribution in [2.24, 2.45) is 0 Å². The SMILES string of the molecule is CCOc1cc(C2c3c(oc4ccccc4c3=O)C(=O)N2c2ncccc2C)ccc1O. The number of phenolic OH excluding ortho intramolecular Hbond substituents is 1. The Morgan fingerprint density at radius 2 is 1.94 bits per heavy atom. The molecule has 4 aromatic rings. The van der Waals surface area contributed by atoms with Crippen LogP contribution in [-0.2, 0) is 0 Å². The van der Waals surface area contributed by atoms with Crippen LogP contribution in [0.2, 0.25) is 0 Å². The number of anilines is 1. The Hall–Kier alpha value is -4.13. The molecule has 0 aliphatic carbocycles. The Labute approximate surface area is 183 Å². The van der Waals surface area contributed by atoms with E-state index < -0.39 is 11.9 Å². The number of aromatic nitrogens is 1. The maximum absolute atomic E-state index is 13.6. The van der Waals surface area contributed by atoms with Crippen molar-refractivity contribution in [3.8, 4) is 11.5 Å². The van der Waals surface area contributed by atoms with Crippen molar-refractivity contribution in [3.63, 3.8) is 0 Å². The van der Waals surface area contributed by atoms with Crippen LogP contribution in [0.15, 0.2) is 70.0 Å². The number of hydrogen-bond donors (Lipinski definition) is 1. The van der Waals surface area contributed by atoms with Gasteiger partial charge in [0.05, 0.1) is 23.6 Å². The first-order valence-corrected chi connectivity index (χ1v) is 10.3. The number of para-hydroxylation sites is 1. The van der Waals surface area contributed by atoms with Gasteiger partial charge < -0.3 is 14.3 Å². The minimum Gasteiger partial charge on any atom is -0.504 e. The lowest BCUT2D eigenvalue weighted by Gasteiger charge is -2.25. The Bertz CT molecular complexity index is 1430. The molecule has 2 aromatic heterocycles. The zero-order valence-corrected chi connectivity index (χ0v) is 17.5. The maximum atomic E-state index is 13.6. The van der Waals surface area contributed by atoms with Gasteiger partial charge in [0, 0.05) is 6.20 Å². The number of hydrogen-bond acceptors (Lipinski definition) is 6. The summed E-state index contributed by atoms with van der Waals surface area (Å²) in [4.78, 5) is 33.0. The van der Waals surface area contributed by atoms with E-state index >= 15 is 0 Å². The third-order valence-electron chi connectivity index (χ3n) is 5.59. The lowest BCUT2D eigenvalue weighted by atomic mass is 9.98. The molecule has 32 heavy (non-hydrogen) atoms. The number of amides is 1. The number of ether oxygens (including phenoxy) is 1. The van der Waals surface area contributed by atoms with E-state index in [9.17, 15) is 14.7 Å². The first-order chi connectivity index (χ1) is 15.5. The van der Waals surface area contributed by atoms with Crippen LogP contribution in [0.1, 0.15) is 40.2 Å². The predicted molar refractivity (Wildman–Crippen MR) is 119 cm³/mol. The van der Waals surface area contributed by atoms with E-state index in [1.54, 1.807) is 48.7 Å². The average Bonchev–Trinajstić information content (AvgIpc) is 3.08. The molecule has 0 saturated carbocycles. The summed E-state index contributed by atoms with van der Waals surface area (Å²) in [5.74, 6) is 0.235. The Morgan fingerprint density at radius 1 is 1.12 bits per heavy atom. The molecule has 1 atom stereocenters. The summed E-state index contributed by atoms with van der Waals surface area (Å²) < 4.78 is 11.5. The summed E-state index contributed by atoms with van der Waals surface area (Å²) in [7, 11) is 0. The van der Waals surface area contributed by atoms with Crippen LogP contribution in [0, 0.1) is 6.92 Å². The van der Waals surface area contributed by atoms with Gasteiger partial charge in [-0.2, -0.15) is 0 Å². The summed E-state index contributed by atoms with van der Waals surface area (Å²) in [6.45, 7) is 4.02. The molecule has 7 nitrogen and oxygen atoms in total. The van der Waals surface area contributed by atoms with Gasteiger partial charge in [-0.15, -0.1) is 0 Å². The molecule has 1 N–H and O–H groups in total. The third kappa shape index (κ3) is 2.93. The fourth-order valence-electron chi connectivity index (χ4n) is 4.15. The van der Waals surface area contributed by atoms with Crippen LogP contribution >= 0.6 is 0 Å². The number of aromatic hydroxyl groups is 1. The molecule has 1 aliphatic rings. The predicted octanol–water partition coefficient (Wildman–Crippen LogP) is 4.35. The van der Waals surface area contributed by atoms with Gasteiger partial charge in [0.15, 0.2) is 16.9 Å². The standard InChI is InChI=1S/C25H20N2O5/c1-3-31-19-13-15(10-11-17(19)28)21-20-22(29)16-8-4-5-9-18(16)32-23(20)25(30)27(21)24-14(2)7-6-12-26-24/h4-13,21,28H,3H2,1-2H3. The zero-order valence-electron chi connectivity index (χ0n) is 17.5. The van der Waals surface area contributed by atoms with Crippen molar-refractivity contribution >= 4 is 22.7 Å². The Balaban J connectivity index is 1.82. The highest BCUT2D eigenvalue weighted by molar-refractivity contribution is 6.10. The smallest absolute Gasteiger partial charge is 0.296 e. The van der Waals surface area contributed by atoms with Crippen molar-refractivity contribution in [2.75, 3.05) is 11.5 Å². The molecule has 0 bridgehead atoms. The van der Waals surface area contributed by atoms with E-state index in [4.69, 9.17) is 9.15 Å². The van der Waals surface area contributed by atoms with E-state index in [1.807, 2.05) is 19.9 Å². The van der Waals surface area contributed by atoms with Gasteiger partial charge in [-0.1, -0.05) is 24.3 Å². The fourth-order valence-corrected chi connectivity index (χ4v) is 4.15. The fraction of sp³-hybridized carbons (Fsp3) is 0.160. The van der Waals surface area contributed by atoms with Crippen molar-refractivity contribution < 1.29 is 19.1 Å². The molecule has 0 fully saturated rings. The van der Waals surface area contributed by atoms with E-state index in [0.29, 0.717) is 29.0 Å². The lowest BCUT2D eigenvalue weighted by Crippen LogP contribution is -2.31. The van der Waals surface area contributed by atoms with Gasteiger partial charge in [-0.05, 0) is 55.3 Å². The zero-order chi connectivity index (χ0) is 22.4. The molecule has 3 heterocycles. The first-order valence-electron chi connectivity index (χ1n) is 10.3. The molecule has 1 amide bonds. The summed E-state index contributed by atoms with van der Waals surface area (Å²) >= 11 is 0. The number of phenols is 1. The highest BCUT2D eigenvalue weighted by Crippen LogP contribution is 2.43. The van der Waals surface area contributed by atoms with Gasteiger partial charge in [0.25, 0.3) is 5.91 Å². The largest absolute Gasteiger partial charge is 0.504 e. The van der Waals surface area contributed by atoms with Crippen LogP contribution in [0.4, 0.5) is 5.82 Å². The van der Waals surface area contributed by atoms with E-state index in [1.165, 1.54) is 11.0 Å². The second kappa shape index (κ2) is 7.53. The minimum absolute atomic E-state index is 0.00483. The number of pyridine rings is 1. The number of carbonyl (C=O) groups excluding carboxylic acids is 1. The molecular weight excluding hydrogens is 408 g/mol. The molecule has 160 valence electrons. The number of carbonyl (C=O) groups is 1. The van der Waals surface area contributed by atoms with Crippen LogP contribution in [0.3, 0.4) is 0 Å². The molecule has 0 saturated heterocycles. The highest BCUT2D eigenvalue weighted by Gasteiger charge is 2.44. The second-order valence-electron chi connectivity index (χ2n) is 7.55. The number of fused-ring (bicyclic) bond motifs is 2. The topological polar surface area (TPSA) is 92.9 Å². The number of rotatable bonds is 4. The normalized spacial score (nSPS) is 15.2. The lowest BCUT2D eigenvalue weighted by molar-refractivity contribution is 0.0970. The Morgan fingerprint density at radius 3 is 2.72 bits per heavy atom. The van der Waals surface area contributed by atoms with Crippen LogP contribution in [0.25, 0.3) is 11.0 Å². The molecular formula is C25H20N2O5. The van der Waals surface area contributed by atoms with Crippen molar-refractivity contribution in [2.45, 2.75) is 19.9 Å². The van der Waals surface area contributed by atoms with E-state index in [2.05, 4.69) is 4.98 Å². The Kier molecular flexibility index (Phi) is 4.66. The number of nitrogens with zero attached hydrogens (tertiary/aromatic N) is 2. The molecule has 0 spiro atoms. The van der Waals surface area contributed by atoms with E-state index in [0.717, 1.165) is 5.56 Å². The van der Waals surface area contributed by atoms with Crippen LogP contribution in [-0.4, -0.2) is 22.6 Å². The molecule has 1 unspecified atom stereocenters. The average molecular weight is 428 g/mol. The van der Waals surface area contributed by atoms with Crippen LogP contribution < -0.4 is 15.1 Å². The molecule has 0 radical (unpaired) electrons. The number of benzene rings is 2. The third-order valence-corrected chi connectivity index (χ3v) is 5.59. The molecule has 1 aliphatic heterocycles. The highest BCUT2D eigenvalue weighted by atomic mass is 16.5. The van der Waals surface area contributed by atoms with Crippen molar-refractivity contribution in [1.29, 1.82) is 0 Å². The molecule has 5 rings (SSSR count). The first kappa shape index (κ1) is 19.8. The van der Waals surface area contributed by atoms with Gasteiger partial charge in [-0.25, -0.2) is 4.98 Å². The second-order valence-corrected chi connectivity index (χ2v) is 7.55. The maximum Gasteiger partial charge on any atom is 0.296 e. The van der Waals surface area contributed by atoms with Crippen molar-refractivity contribution in [3.05, 3.63) is 93.5 Å². The summed E-state index contributed by atoms with van der Waals surface area (Å²) in [6.07, 6.45) is 1.60. The van der Waals surface area contributed by atoms with Gasteiger partial charge in [0.2, 0.25) is 5.76 Å².